The van der Waals surface area contributed by atoms with E-state index in [2.05, 4.69) is 31.9 Å². The lowest BCUT2D eigenvalue weighted by Gasteiger charge is -2.14. The molecule has 1 atom stereocenters. The van der Waals surface area contributed by atoms with Gasteiger partial charge in [0.15, 0.2) is 0 Å². The summed E-state index contributed by atoms with van der Waals surface area (Å²) in [5.74, 6) is -0.196. The zero-order valence-corrected chi connectivity index (χ0v) is 13.5. The van der Waals surface area contributed by atoms with Crippen LogP contribution in [0.15, 0.2) is 40.9 Å². The van der Waals surface area contributed by atoms with Crippen molar-refractivity contribution < 1.29 is 4.39 Å². The van der Waals surface area contributed by atoms with Gasteiger partial charge < -0.3 is 0 Å². The lowest BCUT2D eigenvalue weighted by Crippen LogP contribution is -1.96. The van der Waals surface area contributed by atoms with E-state index in [1.807, 2.05) is 24.3 Å². The lowest BCUT2D eigenvalue weighted by atomic mass is 10.0. The minimum absolute atomic E-state index is 0.0539. The van der Waals surface area contributed by atoms with Gasteiger partial charge in [-0.05, 0) is 51.7 Å². The highest BCUT2D eigenvalue weighted by atomic mass is 79.9. The van der Waals surface area contributed by atoms with E-state index in [0.717, 1.165) is 15.6 Å². The predicted octanol–water partition coefficient (Wildman–Crippen LogP) is 6.03. The van der Waals surface area contributed by atoms with Gasteiger partial charge in [0.2, 0.25) is 0 Å². The second kappa shape index (κ2) is 5.72. The average molecular weight is 392 g/mol. The molecule has 0 saturated carbocycles. The number of hydrogen-bond acceptors (Lipinski definition) is 0. The summed E-state index contributed by atoms with van der Waals surface area (Å²) in [6.45, 7) is 1.75. The van der Waals surface area contributed by atoms with Crippen LogP contribution < -0.4 is 0 Å². The van der Waals surface area contributed by atoms with Crippen molar-refractivity contribution in [3.8, 4) is 0 Å². The van der Waals surface area contributed by atoms with E-state index >= 15 is 0 Å². The van der Waals surface area contributed by atoms with Gasteiger partial charge >= 0.3 is 0 Å². The molecule has 0 saturated heterocycles. The van der Waals surface area contributed by atoms with Crippen molar-refractivity contribution in [2.75, 3.05) is 0 Å². The zero-order chi connectivity index (χ0) is 13.3. The molecule has 4 heteroatoms. The van der Waals surface area contributed by atoms with Crippen molar-refractivity contribution in [3.63, 3.8) is 0 Å². The van der Waals surface area contributed by atoms with Gasteiger partial charge in [0.1, 0.15) is 5.82 Å². The van der Waals surface area contributed by atoms with Crippen LogP contribution in [-0.2, 0) is 0 Å². The Kier molecular flexibility index (Phi) is 4.46. The zero-order valence-electron chi connectivity index (χ0n) is 9.55. The Morgan fingerprint density at radius 2 is 1.94 bits per heavy atom. The Labute approximate surface area is 127 Å². The van der Waals surface area contributed by atoms with Crippen LogP contribution in [0.5, 0.6) is 0 Å². The largest absolute Gasteiger partial charge is 0.207 e. The third-order valence-electron chi connectivity index (χ3n) is 2.73. The lowest BCUT2D eigenvalue weighted by molar-refractivity contribution is 0.618. The molecular formula is C14H10Br2ClF. The number of alkyl halides is 1. The fraction of sp³-hybridized carbons (Fsp3) is 0.143. The molecule has 0 aliphatic heterocycles. The summed E-state index contributed by atoms with van der Waals surface area (Å²) in [4.78, 5) is -0.0539. The molecule has 0 bridgehead atoms. The number of hydrogen-bond donors (Lipinski definition) is 0. The molecule has 0 nitrogen and oxygen atoms in total. The standard InChI is InChI=1S/C14H10Br2ClF/c1-8-7-9(5-6-12(8)18)13(16)10-3-2-4-11(15)14(10)17/h2-7,13H,1H3. The maximum atomic E-state index is 13.3. The maximum Gasteiger partial charge on any atom is 0.126 e. The van der Waals surface area contributed by atoms with Gasteiger partial charge in [0.25, 0.3) is 0 Å². The Balaban J connectivity index is 2.44. The van der Waals surface area contributed by atoms with Gasteiger partial charge in [0.05, 0.1) is 9.85 Å². The van der Waals surface area contributed by atoms with Crippen LogP contribution >= 0.6 is 43.5 Å². The van der Waals surface area contributed by atoms with Gasteiger partial charge in [-0.1, -0.05) is 51.8 Å². The van der Waals surface area contributed by atoms with Crippen LogP contribution in [0.1, 0.15) is 21.5 Å². The normalized spacial score (nSPS) is 12.5. The van der Waals surface area contributed by atoms with E-state index in [9.17, 15) is 4.39 Å². The second-order valence-corrected chi connectivity index (χ2v) is 6.16. The molecular weight excluding hydrogens is 382 g/mol. The molecule has 2 rings (SSSR count). The van der Waals surface area contributed by atoms with Gasteiger partial charge in [-0.25, -0.2) is 4.39 Å². The quantitative estimate of drug-likeness (QED) is 0.547. The molecule has 0 aliphatic carbocycles. The minimum atomic E-state index is -0.196. The summed E-state index contributed by atoms with van der Waals surface area (Å²) in [6, 6.07) is 10.8. The van der Waals surface area contributed by atoms with Crippen LogP contribution in [-0.4, -0.2) is 0 Å². The van der Waals surface area contributed by atoms with Crippen LogP contribution in [0.4, 0.5) is 4.39 Å². The van der Waals surface area contributed by atoms with Crippen LogP contribution in [0.25, 0.3) is 0 Å². The van der Waals surface area contributed by atoms with E-state index < -0.39 is 0 Å². The van der Waals surface area contributed by atoms with Crippen molar-refractivity contribution in [2.24, 2.45) is 0 Å². The van der Waals surface area contributed by atoms with E-state index in [-0.39, 0.29) is 10.6 Å². The molecule has 94 valence electrons. The third kappa shape index (κ3) is 2.79. The Morgan fingerprint density at radius 1 is 1.22 bits per heavy atom. The molecule has 0 spiro atoms. The topological polar surface area (TPSA) is 0 Å². The van der Waals surface area contributed by atoms with Crippen LogP contribution in [0.2, 0.25) is 5.02 Å². The van der Waals surface area contributed by atoms with Crippen molar-refractivity contribution in [1.29, 1.82) is 0 Å². The highest BCUT2D eigenvalue weighted by Crippen LogP contribution is 2.38. The summed E-state index contributed by atoms with van der Waals surface area (Å²) in [6.07, 6.45) is 0. The van der Waals surface area contributed by atoms with Gasteiger partial charge in [-0.3, -0.25) is 0 Å². The van der Waals surface area contributed by atoms with Crippen molar-refractivity contribution in [2.45, 2.75) is 11.8 Å². The van der Waals surface area contributed by atoms with Gasteiger partial charge in [-0.2, -0.15) is 0 Å². The van der Waals surface area contributed by atoms with E-state index in [1.54, 1.807) is 13.0 Å². The first kappa shape index (κ1) is 14.0. The fourth-order valence-electron chi connectivity index (χ4n) is 1.72. The predicted molar refractivity (Wildman–Crippen MR) is 81.1 cm³/mol. The molecule has 2 aromatic carbocycles. The molecule has 1 unspecified atom stereocenters. The molecule has 2 aromatic rings. The molecule has 0 aliphatic rings. The first-order chi connectivity index (χ1) is 8.50. The number of rotatable bonds is 2. The Morgan fingerprint density at radius 3 is 2.61 bits per heavy atom. The van der Waals surface area contributed by atoms with E-state index in [0.29, 0.717) is 10.6 Å². The smallest absolute Gasteiger partial charge is 0.126 e. The second-order valence-electron chi connectivity index (χ2n) is 4.01. The van der Waals surface area contributed by atoms with Crippen molar-refractivity contribution >= 4 is 43.5 Å². The SMILES string of the molecule is Cc1cc(C(Br)c2cccc(Br)c2Cl)ccc1F. The van der Waals surface area contributed by atoms with Gasteiger partial charge in [0, 0.05) is 4.47 Å². The van der Waals surface area contributed by atoms with Crippen LogP contribution in [0.3, 0.4) is 0 Å². The molecule has 18 heavy (non-hydrogen) atoms. The average Bonchev–Trinajstić information content (AvgIpc) is 2.35. The third-order valence-corrected chi connectivity index (χ3v) is 5.06. The van der Waals surface area contributed by atoms with Crippen LogP contribution in [0, 0.1) is 12.7 Å². The molecule has 0 heterocycles. The minimum Gasteiger partial charge on any atom is -0.207 e. The monoisotopic (exact) mass is 390 g/mol. The molecule has 0 radical (unpaired) electrons. The summed E-state index contributed by atoms with van der Waals surface area (Å²) in [7, 11) is 0. The Hall–Kier alpha value is -0.380. The van der Waals surface area contributed by atoms with Gasteiger partial charge in [-0.15, -0.1) is 0 Å². The van der Waals surface area contributed by atoms with Crippen molar-refractivity contribution in [1.82, 2.24) is 0 Å². The molecule has 0 N–H and O–H groups in total. The molecule has 0 aromatic heterocycles. The first-order valence-electron chi connectivity index (χ1n) is 5.34. The number of halogens is 4. The summed E-state index contributed by atoms with van der Waals surface area (Å²) >= 11 is 13.3. The summed E-state index contributed by atoms with van der Waals surface area (Å²) < 4.78 is 14.1. The summed E-state index contributed by atoms with van der Waals surface area (Å²) in [5, 5.41) is 0.668. The van der Waals surface area contributed by atoms with E-state index in [1.165, 1.54) is 6.07 Å². The first-order valence-corrected chi connectivity index (χ1v) is 7.43. The summed E-state index contributed by atoms with van der Waals surface area (Å²) in [5.41, 5.74) is 2.56. The highest BCUT2D eigenvalue weighted by molar-refractivity contribution is 9.10. The Bertz CT molecular complexity index is 584. The highest BCUT2D eigenvalue weighted by Gasteiger charge is 2.16. The molecule has 0 fully saturated rings. The number of benzene rings is 2. The van der Waals surface area contributed by atoms with E-state index in [4.69, 9.17) is 11.6 Å². The maximum absolute atomic E-state index is 13.3. The number of aryl methyl sites for hydroxylation is 1. The fourth-order valence-corrected chi connectivity index (χ4v) is 3.14. The molecule has 0 amide bonds. The van der Waals surface area contributed by atoms with Crippen molar-refractivity contribution in [3.05, 3.63) is 68.4 Å².